The SMILES string of the molecule is CCC(N)CC(=O)N1CCOCC1C. The third kappa shape index (κ3) is 2.96. The van der Waals surface area contributed by atoms with Crippen LogP contribution >= 0.6 is 0 Å². The van der Waals surface area contributed by atoms with Gasteiger partial charge in [0.15, 0.2) is 0 Å². The average molecular weight is 200 g/mol. The molecule has 1 heterocycles. The smallest absolute Gasteiger partial charge is 0.224 e. The molecule has 82 valence electrons. The summed E-state index contributed by atoms with van der Waals surface area (Å²) in [6, 6.07) is 0.192. The number of carbonyl (C=O) groups excluding carboxylic acids is 1. The van der Waals surface area contributed by atoms with E-state index in [4.69, 9.17) is 10.5 Å². The van der Waals surface area contributed by atoms with Gasteiger partial charge in [-0.05, 0) is 13.3 Å². The highest BCUT2D eigenvalue weighted by Gasteiger charge is 2.24. The van der Waals surface area contributed by atoms with Crippen LogP contribution in [0.3, 0.4) is 0 Å². The minimum absolute atomic E-state index is 0.00227. The standard InChI is InChI=1S/C10H20N2O2/c1-3-9(11)6-10(13)12-4-5-14-7-8(12)2/h8-9H,3-7,11H2,1-2H3. The quantitative estimate of drug-likeness (QED) is 0.715. The van der Waals surface area contributed by atoms with Crippen LogP contribution in [0.1, 0.15) is 26.7 Å². The lowest BCUT2D eigenvalue weighted by molar-refractivity contribution is -0.139. The van der Waals surface area contributed by atoms with Crippen molar-refractivity contribution in [2.24, 2.45) is 5.73 Å². The first-order chi connectivity index (χ1) is 6.65. The average Bonchev–Trinajstić information content (AvgIpc) is 2.18. The minimum Gasteiger partial charge on any atom is -0.377 e. The summed E-state index contributed by atoms with van der Waals surface area (Å²) in [5.74, 6) is 0.162. The molecule has 1 amide bonds. The van der Waals surface area contributed by atoms with Crippen LogP contribution in [0.4, 0.5) is 0 Å². The number of amides is 1. The van der Waals surface area contributed by atoms with Crippen LogP contribution in [0, 0.1) is 0 Å². The van der Waals surface area contributed by atoms with Crippen LogP contribution in [-0.2, 0) is 9.53 Å². The fourth-order valence-electron chi connectivity index (χ4n) is 1.58. The van der Waals surface area contributed by atoms with Gasteiger partial charge in [-0.2, -0.15) is 0 Å². The molecule has 2 unspecified atom stereocenters. The van der Waals surface area contributed by atoms with Crippen LogP contribution in [0.15, 0.2) is 0 Å². The molecule has 1 saturated heterocycles. The van der Waals surface area contributed by atoms with Gasteiger partial charge in [0, 0.05) is 19.0 Å². The van der Waals surface area contributed by atoms with Crippen molar-refractivity contribution >= 4 is 5.91 Å². The molecule has 0 aromatic rings. The molecule has 1 rings (SSSR count). The lowest BCUT2D eigenvalue weighted by Gasteiger charge is -2.33. The highest BCUT2D eigenvalue weighted by atomic mass is 16.5. The second-order valence-corrected chi connectivity index (χ2v) is 3.88. The molecule has 1 aliphatic rings. The van der Waals surface area contributed by atoms with Gasteiger partial charge in [-0.15, -0.1) is 0 Å². The Morgan fingerprint density at radius 2 is 2.43 bits per heavy atom. The molecule has 2 atom stereocenters. The van der Waals surface area contributed by atoms with Crippen molar-refractivity contribution in [3.05, 3.63) is 0 Å². The molecule has 1 aliphatic heterocycles. The molecule has 1 fully saturated rings. The monoisotopic (exact) mass is 200 g/mol. The molecule has 4 heteroatoms. The van der Waals surface area contributed by atoms with E-state index in [1.54, 1.807) is 0 Å². The second kappa shape index (κ2) is 5.32. The predicted molar refractivity (Wildman–Crippen MR) is 54.9 cm³/mol. The molecule has 0 radical (unpaired) electrons. The maximum Gasteiger partial charge on any atom is 0.224 e. The number of rotatable bonds is 3. The van der Waals surface area contributed by atoms with Gasteiger partial charge in [0.25, 0.3) is 0 Å². The Labute approximate surface area is 85.4 Å². The summed E-state index contributed by atoms with van der Waals surface area (Å²) < 4.78 is 5.27. The first-order valence-electron chi connectivity index (χ1n) is 5.28. The van der Waals surface area contributed by atoms with E-state index < -0.39 is 0 Å². The first kappa shape index (κ1) is 11.5. The fraction of sp³-hybridized carbons (Fsp3) is 0.900. The van der Waals surface area contributed by atoms with E-state index in [-0.39, 0.29) is 18.0 Å². The van der Waals surface area contributed by atoms with Gasteiger partial charge < -0.3 is 15.4 Å². The molecule has 0 aromatic carbocycles. The Balaban J connectivity index is 2.42. The zero-order valence-electron chi connectivity index (χ0n) is 9.03. The normalized spacial score (nSPS) is 24.8. The Bertz CT molecular complexity index is 197. The van der Waals surface area contributed by atoms with Crippen molar-refractivity contribution in [3.63, 3.8) is 0 Å². The molecule has 2 N–H and O–H groups in total. The molecule has 0 aromatic heterocycles. The van der Waals surface area contributed by atoms with Gasteiger partial charge in [-0.1, -0.05) is 6.92 Å². The molecular weight excluding hydrogens is 180 g/mol. The Morgan fingerprint density at radius 3 is 3.00 bits per heavy atom. The van der Waals surface area contributed by atoms with E-state index in [1.165, 1.54) is 0 Å². The lowest BCUT2D eigenvalue weighted by Crippen LogP contribution is -2.48. The van der Waals surface area contributed by atoms with Crippen molar-refractivity contribution in [1.29, 1.82) is 0 Å². The van der Waals surface area contributed by atoms with Crippen LogP contribution in [0.25, 0.3) is 0 Å². The maximum atomic E-state index is 11.8. The largest absolute Gasteiger partial charge is 0.377 e. The molecule has 0 aliphatic carbocycles. The number of carbonyl (C=O) groups is 1. The number of hydrogen-bond donors (Lipinski definition) is 1. The van der Waals surface area contributed by atoms with E-state index in [0.717, 1.165) is 6.42 Å². The summed E-state index contributed by atoms with van der Waals surface area (Å²) in [6.45, 7) is 6.01. The highest BCUT2D eigenvalue weighted by molar-refractivity contribution is 5.77. The number of nitrogens with zero attached hydrogens (tertiary/aromatic N) is 1. The molecular formula is C10H20N2O2. The van der Waals surface area contributed by atoms with E-state index in [9.17, 15) is 4.79 Å². The third-order valence-corrected chi connectivity index (χ3v) is 2.65. The summed E-state index contributed by atoms with van der Waals surface area (Å²) in [7, 11) is 0. The van der Waals surface area contributed by atoms with Crippen LogP contribution in [0.5, 0.6) is 0 Å². The zero-order valence-corrected chi connectivity index (χ0v) is 9.03. The van der Waals surface area contributed by atoms with E-state index in [2.05, 4.69) is 0 Å². The van der Waals surface area contributed by atoms with Gasteiger partial charge in [0.2, 0.25) is 5.91 Å². The highest BCUT2D eigenvalue weighted by Crippen LogP contribution is 2.09. The summed E-state index contributed by atoms with van der Waals surface area (Å²) in [5.41, 5.74) is 5.75. The van der Waals surface area contributed by atoms with Crippen molar-refractivity contribution < 1.29 is 9.53 Å². The van der Waals surface area contributed by atoms with Gasteiger partial charge >= 0.3 is 0 Å². The summed E-state index contributed by atoms with van der Waals surface area (Å²) in [5, 5.41) is 0. The van der Waals surface area contributed by atoms with Crippen molar-refractivity contribution in [1.82, 2.24) is 4.90 Å². The number of nitrogens with two attached hydrogens (primary N) is 1. The molecule has 4 nitrogen and oxygen atoms in total. The molecule has 14 heavy (non-hydrogen) atoms. The summed E-state index contributed by atoms with van der Waals surface area (Å²) >= 11 is 0. The van der Waals surface area contributed by atoms with E-state index in [1.807, 2.05) is 18.7 Å². The molecule has 0 spiro atoms. The second-order valence-electron chi connectivity index (χ2n) is 3.88. The van der Waals surface area contributed by atoms with Crippen LogP contribution in [-0.4, -0.2) is 42.6 Å². The number of morpholine rings is 1. The Kier molecular flexibility index (Phi) is 4.35. The summed E-state index contributed by atoms with van der Waals surface area (Å²) in [4.78, 5) is 13.6. The van der Waals surface area contributed by atoms with Gasteiger partial charge in [0.1, 0.15) is 0 Å². The first-order valence-corrected chi connectivity index (χ1v) is 5.28. The predicted octanol–water partition coefficient (Wildman–Crippen LogP) is 0.361. The van der Waals surface area contributed by atoms with Gasteiger partial charge in [0.05, 0.1) is 19.3 Å². The molecule has 0 saturated carbocycles. The number of ether oxygens (including phenoxy) is 1. The summed E-state index contributed by atoms with van der Waals surface area (Å²) in [6.07, 6.45) is 1.31. The van der Waals surface area contributed by atoms with Crippen molar-refractivity contribution in [2.45, 2.75) is 38.8 Å². The zero-order chi connectivity index (χ0) is 10.6. The lowest BCUT2D eigenvalue weighted by atomic mass is 10.1. The third-order valence-electron chi connectivity index (χ3n) is 2.65. The van der Waals surface area contributed by atoms with Gasteiger partial charge in [-0.3, -0.25) is 4.79 Å². The van der Waals surface area contributed by atoms with Gasteiger partial charge in [-0.25, -0.2) is 0 Å². The molecule has 0 bridgehead atoms. The fourth-order valence-corrected chi connectivity index (χ4v) is 1.58. The maximum absolute atomic E-state index is 11.8. The number of hydrogen-bond acceptors (Lipinski definition) is 3. The van der Waals surface area contributed by atoms with Crippen LogP contribution in [0.2, 0.25) is 0 Å². The van der Waals surface area contributed by atoms with E-state index in [0.29, 0.717) is 26.2 Å². The Morgan fingerprint density at radius 1 is 1.71 bits per heavy atom. The Hall–Kier alpha value is -0.610. The minimum atomic E-state index is -0.00227. The van der Waals surface area contributed by atoms with Crippen LogP contribution < -0.4 is 5.73 Å². The van der Waals surface area contributed by atoms with Crippen molar-refractivity contribution in [2.75, 3.05) is 19.8 Å². The topological polar surface area (TPSA) is 55.6 Å². The van der Waals surface area contributed by atoms with E-state index >= 15 is 0 Å². The van der Waals surface area contributed by atoms with Crippen molar-refractivity contribution in [3.8, 4) is 0 Å².